The summed E-state index contributed by atoms with van der Waals surface area (Å²) >= 11 is 9.23. The van der Waals surface area contributed by atoms with Crippen LogP contribution in [0.2, 0.25) is 5.02 Å². The molecule has 0 spiro atoms. The van der Waals surface area contributed by atoms with Crippen LogP contribution in [0.15, 0.2) is 52.0 Å². The Kier molecular flexibility index (Phi) is 5.68. The van der Waals surface area contributed by atoms with E-state index >= 15 is 0 Å². The molecular weight excluding hydrogens is 425 g/mol. The molecule has 2 aromatic carbocycles. The number of nitrogens with zero attached hydrogens (tertiary/aromatic N) is 2. The second kappa shape index (κ2) is 7.97. The summed E-state index contributed by atoms with van der Waals surface area (Å²) in [6.45, 7) is 0.266. The van der Waals surface area contributed by atoms with Gasteiger partial charge in [0, 0.05) is 28.7 Å². The van der Waals surface area contributed by atoms with Crippen molar-refractivity contribution in [3.63, 3.8) is 0 Å². The lowest BCUT2D eigenvalue weighted by Gasteiger charge is -2.16. The second-order valence-corrected chi connectivity index (χ2v) is 7.07. The molecule has 0 saturated carbocycles. The first-order valence-corrected chi connectivity index (χ1v) is 8.95. The molecular formula is C18H14BrClFN3O2. The number of hydrazone groups is 1. The van der Waals surface area contributed by atoms with Gasteiger partial charge in [-0.1, -0.05) is 33.6 Å². The van der Waals surface area contributed by atoms with Gasteiger partial charge >= 0.3 is 0 Å². The minimum atomic E-state index is -0.534. The number of anilines is 1. The molecule has 26 heavy (non-hydrogen) atoms. The molecule has 0 radical (unpaired) electrons. The maximum absolute atomic E-state index is 13.7. The molecule has 3 rings (SSSR count). The van der Waals surface area contributed by atoms with Crippen molar-refractivity contribution >= 4 is 51.2 Å². The van der Waals surface area contributed by atoms with Crippen molar-refractivity contribution in [1.29, 1.82) is 0 Å². The van der Waals surface area contributed by atoms with Crippen LogP contribution in [-0.4, -0.2) is 24.6 Å². The number of carbonyl (C=O) groups excluding carboxylic acids is 2. The summed E-state index contributed by atoms with van der Waals surface area (Å²) in [5.41, 5.74) is 3.17. The van der Waals surface area contributed by atoms with E-state index in [2.05, 4.69) is 26.5 Å². The number of benzene rings is 2. The fraction of sp³-hybridized carbons (Fsp3) is 0.167. The van der Waals surface area contributed by atoms with Gasteiger partial charge in [0.1, 0.15) is 5.82 Å². The molecule has 2 aromatic rings. The van der Waals surface area contributed by atoms with Crippen LogP contribution in [-0.2, 0) is 9.59 Å². The van der Waals surface area contributed by atoms with E-state index in [1.807, 2.05) is 12.1 Å². The first-order valence-electron chi connectivity index (χ1n) is 7.78. The Labute approximate surface area is 163 Å². The molecule has 0 bridgehead atoms. The zero-order chi connectivity index (χ0) is 18.7. The predicted molar refractivity (Wildman–Crippen MR) is 102 cm³/mol. The van der Waals surface area contributed by atoms with Crippen molar-refractivity contribution in [3.8, 4) is 0 Å². The minimum Gasteiger partial charge on any atom is -0.312 e. The number of halogens is 3. The van der Waals surface area contributed by atoms with Gasteiger partial charge in [0.05, 0.1) is 17.2 Å². The van der Waals surface area contributed by atoms with Crippen LogP contribution in [0.3, 0.4) is 0 Å². The van der Waals surface area contributed by atoms with Crippen LogP contribution in [0, 0.1) is 11.7 Å². The highest BCUT2D eigenvalue weighted by Crippen LogP contribution is 2.26. The fourth-order valence-corrected chi connectivity index (χ4v) is 3.12. The number of rotatable bonds is 4. The Morgan fingerprint density at radius 3 is 2.73 bits per heavy atom. The number of amides is 2. The van der Waals surface area contributed by atoms with E-state index in [0.717, 1.165) is 16.4 Å². The maximum atomic E-state index is 13.7. The van der Waals surface area contributed by atoms with Crippen LogP contribution in [0.1, 0.15) is 12.0 Å². The third-order valence-corrected chi connectivity index (χ3v) is 4.86. The van der Waals surface area contributed by atoms with Gasteiger partial charge in [0.25, 0.3) is 0 Å². The highest BCUT2D eigenvalue weighted by Gasteiger charge is 2.35. The summed E-state index contributed by atoms with van der Waals surface area (Å²) in [4.78, 5) is 26.0. The van der Waals surface area contributed by atoms with E-state index in [1.165, 1.54) is 18.2 Å². The molecule has 8 heteroatoms. The van der Waals surface area contributed by atoms with E-state index in [0.29, 0.717) is 0 Å². The standard InChI is InChI=1S/C18H14BrClFN3O2/c19-12-4-6-13(7-5-12)24-10-11(8-17(24)25)18(26)23-22-9-14-15(20)2-1-3-16(14)21/h1-7,9,11H,8,10H2,(H,23,26)/b22-9-/t11-/m1/s1. The molecule has 0 aromatic heterocycles. The lowest BCUT2D eigenvalue weighted by molar-refractivity contribution is -0.126. The minimum absolute atomic E-state index is 0.0912. The number of hydrogen-bond acceptors (Lipinski definition) is 3. The Hall–Kier alpha value is -2.25. The molecule has 1 heterocycles. The average molecular weight is 439 g/mol. The van der Waals surface area contributed by atoms with Crippen LogP contribution in [0.25, 0.3) is 0 Å². The smallest absolute Gasteiger partial charge is 0.245 e. The second-order valence-electron chi connectivity index (χ2n) is 5.75. The van der Waals surface area contributed by atoms with Gasteiger partial charge in [-0.15, -0.1) is 0 Å². The molecule has 5 nitrogen and oxygen atoms in total. The molecule has 0 aliphatic carbocycles. The number of hydrogen-bond donors (Lipinski definition) is 1. The lowest BCUT2D eigenvalue weighted by atomic mass is 10.1. The van der Waals surface area contributed by atoms with E-state index in [-0.39, 0.29) is 29.5 Å². The molecule has 1 N–H and O–H groups in total. The summed E-state index contributed by atoms with van der Waals surface area (Å²) in [5.74, 6) is -1.59. The van der Waals surface area contributed by atoms with Crippen molar-refractivity contribution in [2.75, 3.05) is 11.4 Å². The van der Waals surface area contributed by atoms with Crippen LogP contribution < -0.4 is 10.3 Å². The molecule has 1 saturated heterocycles. The maximum Gasteiger partial charge on any atom is 0.245 e. The van der Waals surface area contributed by atoms with Crippen molar-refractivity contribution < 1.29 is 14.0 Å². The molecule has 1 aliphatic heterocycles. The van der Waals surface area contributed by atoms with E-state index in [9.17, 15) is 14.0 Å². The van der Waals surface area contributed by atoms with E-state index in [4.69, 9.17) is 11.6 Å². The largest absolute Gasteiger partial charge is 0.312 e. The Bertz CT molecular complexity index is 853. The summed E-state index contributed by atoms with van der Waals surface area (Å²) < 4.78 is 14.6. The van der Waals surface area contributed by atoms with Gasteiger partial charge in [-0.25, -0.2) is 9.82 Å². The topological polar surface area (TPSA) is 61.8 Å². The third-order valence-electron chi connectivity index (χ3n) is 4.00. The lowest BCUT2D eigenvalue weighted by Crippen LogP contribution is -2.30. The van der Waals surface area contributed by atoms with Gasteiger partial charge in [0.2, 0.25) is 11.8 Å². The molecule has 2 amide bonds. The van der Waals surface area contributed by atoms with Crippen molar-refractivity contribution in [3.05, 3.63) is 63.3 Å². The van der Waals surface area contributed by atoms with Gasteiger partial charge in [-0.2, -0.15) is 5.10 Å². The zero-order valence-corrected chi connectivity index (χ0v) is 15.8. The van der Waals surface area contributed by atoms with Crippen LogP contribution in [0.4, 0.5) is 10.1 Å². The van der Waals surface area contributed by atoms with Crippen LogP contribution >= 0.6 is 27.5 Å². The first kappa shape index (κ1) is 18.5. The molecule has 1 atom stereocenters. The van der Waals surface area contributed by atoms with E-state index < -0.39 is 17.6 Å². The average Bonchev–Trinajstić information content (AvgIpc) is 3.00. The quantitative estimate of drug-likeness (QED) is 0.584. The molecule has 1 fully saturated rings. The third kappa shape index (κ3) is 4.11. The van der Waals surface area contributed by atoms with Gasteiger partial charge in [-0.3, -0.25) is 9.59 Å². The summed E-state index contributed by atoms with van der Waals surface area (Å²) in [6.07, 6.45) is 1.25. The first-order chi connectivity index (χ1) is 12.5. The summed E-state index contributed by atoms with van der Waals surface area (Å²) in [6, 6.07) is 11.5. The Morgan fingerprint density at radius 1 is 1.31 bits per heavy atom. The van der Waals surface area contributed by atoms with Crippen molar-refractivity contribution in [1.82, 2.24) is 5.43 Å². The van der Waals surface area contributed by atoms with Crippen molar-refractivity contribution in [2.24, 2.45) is 11.0 Å². The van der Waals surface area contributed by atoms with E-state index in [1.54, 1.807) is 17.0 Å². The molecule has 0 unspecified atom stereocenters. The number of nitrogens with one attached hydrogen (secondary N) is 1. The van der Waals surface area contributed by atoms with Crippen molar-refractivity contribution in [2.45, 2.75) is 6.42 Å². The zero-order valence-electron chi connectivity index (χ0n) is 13.5. The summed E-state index contributed by atoms with van der Waals surface area (Å²) in [7, 11) is 0. The predicted octanol–water partition coefficient (Wildman–Crippen LogP) is 3.74. The SMILES string of the molecule is O=C(N/N=C\c1c(F)cccc1Cl)[C@@H]1CC(=O)N(c2ccc(Br)cc2)C1. The van der Waals surface area contributed by atoms with Gasteiger partial charge in [-0.05, 0) is 36.4 Å². The Balaban J connectivity index is 1.63. The molecule has 134 valence electrons. The summed E-state index contributed by atoms with van der Waals surface area (Å²) in [5, 5.41) is 3.95. The molecule has 1 aliphatic rings. The fourth-order valence-electron chi connectivity index (χ4n) is 2.64. The van der Waals surface area contributed by atoms with Crippen LogP contribution in [0.5, 0.6) is 0 Å². The number of carbonyl (C=O) groups is 2. The van der Waals surface area contributed by atoms with Gasteiger partial charge < -0.3 is 4.90 Å². The monoisotopic (exact) mass is 437 g/mol. The Morgan fingerprint density at radius 2 is 2.04 bits per heavy atom. The highest BCUT2D eigenvalue weighted by atomic mass is 79.9. The van der Waals surface area contributed by atoms with Gasteiger partial charge in [0.15, 0.2) is 0 Å². The normalized spacial score (nSPS) is 17.1. The highest BCUT2D eigenvalue weighted by molar-refractivity contribution is 9.10.